The number of thioether (sulfide) groups is 1. The van der Waals surface area contributed by atoms with E-state index in [1.807, 2.05) is 0 Å². The van der Waals surface area contributed by atoms with Gasteiger partial charge in [-0.05, 0) is 26.0 Å². The Kier molecular flexibility index (Phi) is 7.62. The summed E-state index contributed by atoms with van der Waals surface area (Å²) in [7, 11) is 0. The molecule has 9 nitrogen and oxygen atoms in total. The molecule has 1 aliphatic rings. The summed E-state index contributed by atoms with van der Waals surface area (Å²) in [5.74, 6) is -1.56. The van der Waals surface area contributed by atoms with E-state index in [4.69, 9.17) is 23.5 Å². The molecule has 0 N–H and O–H groups in total. The van der Waals surface area contributed by atoms with Crippen LogP contribution in [-0.2, 0) is 28.6 Å². The molecule has 1 saturated heterocycles. The van der Waals surface area contributed by atoms with Crippen molar-refractivity contribution in [2.45, 2.75) is 58.4 Å². The molecule has 1 aromatic carbocycles. The first-order valence-electron chi connectivity index (χ1n) is 10.1. The van der Waals surface area contributed by atoms with Crippen molar-refractivity contribution < 1.29 is 42.2 Å². The number of carbonyl (C=O) groups excluding carboxylic acids is 3. The molecule has 0 unspecified atom stereocenters. The van der Waals surface area contributed by atoms with Gasteiger partial charge in [0.05, 0.1) is 11.3 Å². The molecule has 1 aromatic heterocycles. The molecule has 2 aromatic rings. The van der Waals surface area contributed by atoms with Crippen LogP contribution in [0.3, 0.4) is 0 Å². The van der Waals surface area contributed by atoms with Crippen LogP contribution in [0.4, 0.5) is 4.39 Å². The van der Waals surface area contributed by atoms with Crippen molar-refractivity contribution in [3.8, 4) is 16.9 Å². The fraction of sp³-hybridized carbons (Fsp3) is 0.455. The molecule has 4 atom stereocenters. The third-order valence-corrected chi connectivity index (χ3v) is 6.01. The zero-order chi connectivity index (χ0) is 24.3. The number of esters is 3. The molecule has 0 radical (unpaired) electrons. The highest BCUT2D eigenvalue weighted by molar-refractivity contribution is 7.99. The summed E-state index contributed by atoms with van der Waals surface area (Å²) in [5, 5.41) is 3.93. The van der Waals surface area contributed by atoms with Crippen molar-refractivity contribution in [3.63, 3.8) is 0 Å². The van der Waals surface area contributed by atoms with Gasteiger partial charge in [0.1, 0.15) is 17.3 Å². The van der Waals surface area contributed by atoms with Gasteiger partial charge in [-0.15, -0.1) is 11.8 Å². The van der Waals surface area contributed by atoms with Gasteiger partial charge in [0, 0.05) is 38.2 Å². The number of aromatic nitrogens is 1. The van der Waals surface area contributed by atoms with Crippen LogP contribution in [-0.4, -0.2) is 52.6 Å². The minimum atomic E-state index is -1.13. The van der Waals surface area contributed by atoms with Crippen molar-refractivity contribution in [3.05, 3.63) is 35.5 Å². The molecule has 3 rings (SSSR count). The Morgan fingerprint density at radius 1 is 1.03 bits per heavy atom. The SMILES string of the molecule is CC(=O)O[C@@H]1[C@@H](OC(C)=O)[C@@H](Oc2cc(F)ccc2-c2c(C)noc2C)SC[C@H]1OC(C)=O. The molecule has 1 aliphatic heterocycles. The lowest BCUT2D eigenvalue weighted by atomic mass is 10.0. The molecule has 2 heterocycles. The summed E-state index contributed by atoms with van der Waals surface area (Å²) in [5.41, 5.74) is 0.862. The van der Waals surface area contributed by atoms with Gasteiger partial charge in [-0.25, -0.2) is 4.39 Å². The maximum atomic E-state index is 14.2. The molecule has 0 spiro atoms. The van der Waals surface area contributed by atoms with E-state index < -0.39 is 47.5 Å². The number of carbonyl (C=O) groups is 3. The third-order valence-electron chi connectivity index (χ3n) is 4.79. The van der Waals surface area contributed by atoms with Gasteiger partial charge < -0.3 is 23.5 Å². The average molecular weight is 481 g/mol. The van der Waals surface area contributed by atoms with Gasteiger partial charge in [0.2, 0.25) is 0 Å². The molecule has 0 saturated carbocycles. The first-order chi connectivity index (χ1) is 15.6. The van der Waals surface area contributed by atoms with Gasteiger partial charge >= 0.3 is 17.9 Å². The Hall–Kier alpha value is -3.08. The topological polar surface area (TPSA) is 114 Å². The van der Waals surface area contributed by atoms with E-state index >= 15 is 0 Å². The molecular weight excluding hydrogens is 457 g/mol. The Balaban J connectivity index is 2.00. The molecule has 0 aliphatic carbocycles. The number of hydrogen-bond donors (Lipinski definition) is 0. The monoisotopic (exact) mass is 481 g/mol. The van der Waals surface area contributed by atoms with Crippen molar-refractivity contribution >= 4 is 29.7 Å². The van der Waals surface area contributed by atoms with E-state index in [9.17, 15) is 18.8 Å². The van der Waals surface area contributed by atoms with Gasteiger partial charge in [-0.2, -0.15) is 0 Å². The minimum absolute atomic E-state index is 0.159. The van der Waals surface area contributed by atoms with Crippen LogP contribution in [0, 0.1) is 19.7 Å². The van der Waals surface area contributed by atoms with Gasteiger partial charge in [0.15, 0.2) is 23.7 Å². The fourth-order valence-electron chi connectivity index (χ4n) is 3.60. The van der Waals surface area contributed by atoms with Crippen LogP contribution in [0.1, 0.15) is 32.2 Å². The van der Waals surface area contributed by atoms with Crippen LogP contribution >= 0.6 is 11.8 Å². The standard InChI is InChI=1S/C22H24FNO8S/c1-10-19(11(2)32-24-10)16-7-6-15(23)8-17(16)31-22-21(30-14(5)27)20(29-13(4)26)18(9-33-22)28-12(3)25/h6-8,18,20-22H,9H2,1-5H3/t18-,20+,21-,22+/m1/s1. The van der Waals surface area contributed by atoms with Gasteiger partial charge in [-0.1, -0.05) is 5.16 Å². The second-order valence-corrected chi connectivity index (χ2v) is 8.59. The van der Waals surface area contributed by atoms with Crippen molar-refractivity contribution in [2.75, 3.05) is 5.75 Å². The highest BCUT2D eigenvalue weighted by atomic mass is 32.2. The molecule has 178 valence electrons. The lowest BCUT2D eigenvalue weighted by Crippen LogP contribution is -2.55. The zero-order valence-electron chi connectivity index (χ0n) is 18.7. The van der Waals surface area contributed by atoms with E-state index in [0.717, 1.165) is 0 Å². The number of hydrogen-bond acceptors (Lipinski definition) is 10. The highest BCUT2D eigenvalue weighted by Crippen LogP contribution is 2.39. The van der Waals surface area contributed by atoms with Crippen LogP contribution in [0.2, 0.25) is 0 Å². The maximum Gasteiger partial charge on any atom is 0.303 e. The first kappa shape index (κ1) is 24.6. The normalized spacial score (nSPS) is 22.4. The average Bonchev–Trinajstić information content (AvgIpc) is 3.04. The first-order valence-corrected chi connectivity index (χ1v) is 11.1. The summed E-state index contributed by atoms with van der Waals surface area (Å²) >= 11 is 1.18. The molecule has 0 amide bonds. The van der Waals surface area contributed by atoms with Gasteiger partial charge in [0.25, 0.3) is 0 Å². The summed E-state index contributed by atoms with van der Waals surface area (Å²) in [6, 6.07) is 4.02. The zero-order valence-corrected chi connectivity index (χ0v) is 19.6. The van der Waals surface area contributed by atoms with E-state index in [1.165, 1.54) is 50.7 Å². The minimum Gasteiger partial charge on any atom is -0.475 e. The third kappa shape index (κ3) is 5.84. The highest BCUT2D eigenvalue weighted by Gasteiger charge is 2.48. The van der Waals surface area contributed by atoms with Crippen LogP contribution < -0.4 is 4.74 Å². The van der Waals surface area contributed by atoms with Crippen molar-refractivity contribution in [1.29, 1.82) is 0 Å². The summed E-state index contributed by atoms with van der Waals surface area (Å²) in [6.45, 7) is 7.08. The number of rotatable bonds is 6. The largest absolute Gasteiger partial charge is 0.475 e. The predicted octanol–water partition coefficient (Wildman–Crippen LogP) is 3.34. The second-order valence-electron chi connectivity index (χ2n) is 7.46. The van der Waals surface area contributed by atoms with E-state index in [-0.39, 0.29) is 11.5 Å². The Morgan fingerprint density at radius 3 is 2.24 bits per heavy atom. The Labute approximate surface area is 193 Å². The Bertz CT molecular complexity index is 1040. The second kappa shape index (κ2) is 10.2. The predicted molar refractivity (Wildman–Crippen MR) is 115 cm³/mol. The lowest BCUT2D eigenvalue weighted by molar-refractivity contribution is -0.186. The Morgan fingerprint density at radius 2 is 1.67 bits per heavy atom. The molecule has 1 fully saturated rings. The fourth-order valence-corrected chi connectivity index (χ4v) is 4.81. The van der Waals surface area contributed by atoms with E-state index in [1.54, 1.807) is 13.8 Å². The van der Waals surface area contributed by atoms with Crippen LogP contribution in [0.25, 0.3) is 11.1 Å². The van der Waals surface area contributed by atoms with Crippen molar-refractivity contribution in [2.24, 2.45) is 0 Å². The number of nitrogens with zero attached hydrogens (tertiary/aromatic N) is 1. The smallest absolute Gasteiger partial charge is 0.303 e. The van der Waals surface area contributed by atoms with E-state index in [2.05, 4.69) is 5.16 Å². The molecule has 0 bridgehead atoms. The molecule has 33 heavy (non-hydrogen) atoms. The maximum absolute atomic E-state index is 14.2. The van der Waals surface area contributed by atoms with Crippen LogP contribution in [0.5, 0.6) is 5.75 Å². The molecular formula is C22H24FNO8S. The number of halogens is 1. The van der Waals surface area contributed by atoms with Crippen molar-refractivity contribution in [1.82, 2.24) is 5.16 Å². The summed E-state index contributed by atoms with van der Waals surface area (Å²) < 4.78 is 41.6. The van der Waals surface area contributed by atoms with Crippen LogP contribution in [0.15, 0.2) is 22.7 Å². The van der Waals surface area contributed by atoms with E-state index in [0.29, 0.717) is 22.6 Å². The summed E-state index contributed by atoms with van der Waals surface area (Å²) in [4.78, 5) is 35.2. The molecule has 11 heteroatoms. The lowest BCUT2D eigenvalue weighted by Gasteiger charge is -2.40. The summed E-state index contributed by atoms with van der Waals surface area (Å²) in [6.07, 6.45) is -3.11. The number of aryl methyl sites for hydroxylation is 2. The number of benzene rings is 1. The van der Waals surface area contributed by atoms with Gasteiger partial charge in [-0.3, -0.25) is 14.4 Å². The quantitative estimate of drug-likeness (QED) is 0.449. The number of ether oxygens (including phenoxy) is 4.